The molecular weight excluding hydrogens is 378 g/mol. The summed E-state index contributed by atoms with van der Waals surface area (Å²) >= 11 is 0. The van der Waals surface area contributed by atoms with Gasteiger partial charge in [-0.3, -0.25) is 9.59 Å². The van der Waals surface area contributed by atoms with Gasteiger partial charge in [-0.1, -0.05) is 20.8 Å². The molecule has 0 aromatic rings. The van der Waals surface area contributed by atoms with Gasteiger partial charge in [-0.05, 0) is 91.3 Å². The highest BCUT2D eigenvalue weighted by Crippen LogP contribution is 2.67. The van der Waals surface area contributed by atoms with Crippen LogP contribution in [0.3, 0.4) is 0 Å². The van der Waals surface area contributed by atoms with E-state index in [0.717, 1.165) is 38.6 Å². The van der Waals surface area contributed by atoms with Gasteiger partial charge in [-0.2, -0.15) is 0 Å². The van der Waals surface area contributed by atoms with Gasteiger partial charge in [0.2, 0.25) is 5.91 Å². The Kier molecular flexibility index (Phi) is 5.97. The van der Waals surface area contributed by atoms with Gasteiger partial charge >= 0.3 is 5.97 Å². The molecule has 0 aromatic heterocycles. The molecule has 9 atom stereocenters. The van der Waals surface area contributed by atoms with Gasteiger partial charge in [-0.15, -0.1) is 0 Å². The Hall–Kier alpha value is -1.10. The lowest BCUT2D eigenvalue weighted by atomic mass is 9.45. The molecule has 30 heavy (non-hydrogen) atoms. The van der Waals surface area contributed by atoms with Gasteiger partial charge in [0.1, 0.15) is 0 Å². The standard InChI is InChI=1S/C25H41NO4/c1-15(5-10-23(29)30-4)18-8-9-19-17-7-6-16-13-22(28)26-12-11-24(16,2)20(17)14-21(27)25(18,19)3/h15-21,27H,5-14H2,1-4H3,(H,26,28)/t15-,16-,17+,18-,19+,20+,21?,24+,25-/m1/s1. The van der Waals surface area contributed by atoms with Gasteiger partial charge in [0.15, 0.2) is 0 Å². The molecule has 170 valence electrons. The van der Waals surface area contributed by atoms with Crippen molar-refractivity contribution in [1.29, 1.82) is 0 Å². The smallest absolute Gasteiger partial charge is 0.305 e. The fourth-order valence-electron chi connectivity index (χ4n) is 8.60. The summed E-state index contributed by atoms with van der Waals surface area (Å²) in [4.78, 5) is 23.9. The van der Waals surface area contributed by atoms with Crippen molar-refractivity contribution >= 4 is 11.9 Å². The highest BCUT2D eigenvalue weighted by Gasteiger charge is 2.63. The number of hydrogen-bond donors (Lipinski definition) is 2. The molecule has 1 aliphatic heterocycles. The van der Waals surface area contributed by atoms with Crippen LogP contribution in [0, 0.1) is 46.3 Å². The third-order valence-electron chi connectivity index (χ3n) is 10.4. The van der Waals surface area contributed by atoms with Gasteiger partial charge in [0.05, 0.1) is 13.2 Å². The molecule has 0 bridgehead atoms. The molecule has 1 saturated heterocycles. The van der Waals surface area contributed by atoms with E-state index in [0.29, 0.717) is 48.3 Å². The van der Waals surface area contributed by atoms with E-state index in [1.54, 1.807) is 0 Å². The number of esters is 1. The zero-order chi connectivity index (χ0) is 21.7. The summed E-state index contributed by atoms with van der Waals surface area (Å²) in [7, 11) is 1.46. The number of fused-ring (bicyclic) bond motifs is 5. The van der Waals surface area contributed by atoms with E-state index in [1.807, 2.05) is 0 Å². The lowest BCUT2D eigenvalue weighted by molar-refractivity contribution is -0.162. The molecule has 1 heterocycles. The van der Waals surface area contributed by atoms with E-state index in [-0.39, 0.29) is 28.8 Å². The number of rotatable bonds is 4. The van der Waals surface area contributed by atoms with Crippen LogP contribution in [0.5, 0.6) is 0 Å². The molecule has 0 radical (unpaired) electrons. The van der Waals surface area contributed by atoms with Crippen LogP contribution in [0.4, 0.5) is 0 Å². The van der Waals surface area contributed by atoms with Crippen molar-refractivity contribution in [3.8, 4) is 0 Å². The van der Waals surface area contributed by atoms with Crippen LogP contribution in [0.1, 0.15) is 78.6 Å². The third kappa shape index (κ3) is 3.40. The molecule has 3 saturated carbocycles. The van der Waals surface area contributed by atoms with Crippen molar-refractivity contribution in [3.63, 3.8) is 0 Å². The zero-order valence-corrected chi connectivity index (χ0v) is 19.3. The molecule has 4 aliphatic rings. The second kappa shape index (κ2) is 8.11. The predicted octanol–water partition coefficient (Wildman–Crippen LogP) is 3.93. The number of methoxy groups -OCH3 is 1. The molecule has 2 N–H and O–H groups in total. The quantitative estimate of drug-likeness (QED) is 0.677. The number of nitrogens with one attached hydrogen (secondary N) is 1. The molecule has 5 nitrogen and oxygen atoms in total. The Morgan fingerprint density at radius 3 is 2.73 bits per heavy atom. The summed E-state index contributed by atoms with van der Waals surface area (Å²) in [5.41, 5.74) is 0.0949. The van der Waals surface area contributed by atoms with Crippen LogP contribution in [-0.2, 0) is 14.3 Å². The maximum Gasteiger partial charge on any atom is 0.305 e. The molecule has 1 unspecified atom stereocenters. The zero-order valence-electron chi connectivity index (χ0n) is 19.3. The summed E-state index contributed by atoms with van der Waals surface area (Å²) < 4.78 is 4.85. The van der Waals surface area contributed by atoms with Crippen molar-refractivity contribution in [2.75, 3.05) is 13.7 Å². The Balaban J connectivity index is 1.55. The number of ether oxygens (including phenoxy) is 1. The summed E-state index contributed by atoms with van der Waals surface area (Å²) in [5, 5.41) is 14.7. The highest BCUT2D eigenvalue weighted by molar-refractivity contribution is 5.76. The van der Waals surface area contributed by atoms with Crippen molar-refractivity contribution in [1.82, 2.24) is 5.32 Å². The molecule has 3 aliphatic carbocycles. The average molecular weight is 420 g/mol. The highest BCUT2D eigenvalue weighted by atomic mass is 16.5. The van der Waals surface area contributed by atoms with E-state index in [2.05, 4.69) is 26.1 Å². The lowest BCUT2D eigenvalue weighted by Gasteiger charge is -2.60. The Bertz CT molecular complexity index is 680. The third-order valence-corrected chi connectivity index (χ3v) is 10.4. The van der Waals surface area contributed by atoms with E-state index in [9.17, 15) is 14.7 Å². The lowest BCUT2D eigenvalue weighted by Crippen LogP contribution is -2.57. The minimum absolute atomic E-state index is 0.0568. The molecule has 4 rings (SSSR count). The summed E-state index contributed by atoms with van der Waals surface area (Å²) in [6, 6.07) is 0. The van der Waals surface area contributed by atoms with Crippen molar-refractivity contribution in [2.24, 2.45) is 46.3 Å². The van der Waals surface area contributed by atoms with E-state index in [4.69, 9.17) is 4.74 Å². The molecule has 4 fully saturated rings. The van der Waals surface area contributed by atoms with Crippen LogP contribution in [-0.4, -0.2) is 36.7 Å². The first-order chi connectivity index (χ1) is 14.2. The normalized spacial score (nSPS) is 46.6. The maximum absolute atomic E-state index is 12.2. The van der Waals surface area contributed by atoms with E-state index < -0.39 is 0 Å². The molecule has 0 aromatic carbocycles. The van der Waals surface area contributed by atoms with E-state index >= 15 is 0 Å². The largest absolute Gasteiger partial charge is 0.469 e. The number of amides is 1. The average Bonchev–Trinajstić information content (AvgIpc) is 2.99. The molecular formula is C25H41NO4. The minimum atomic E-state index is -0.292. The first kappa shape index (κ1) is 22.1. The molecule has 1 amide bonds. The second-order valence-electron chi connectivity index (χ2n) is 11.4. The van der Waals surface area contributed by atoms with Crippen LogP contribution < -0.4 is 5.32 Å². The van der Waals surface area contributed by atoms with Gasteiger partial charge in [-0.25, -0.2) is 0 Å². The maximum atomic E-state index is 12.2. The van der Waals surface area contributed by atoms with Gasteiger partial charge < -0.3 is 15.2 Å². The summed E-state index contributed by atoms with van der Waals surface area (Å²) in [5.74, 6) is 3.14. The number of aliphatic hydroxyl groups excluding tert-OH is 1. The summed E-state index contributed by atoms with van der Waals surface area (Å²) in [6.45, 7) is 7.80. The Morgan fingerprint density at radius 2 is 2.00 bits per heavy atom. The first-order valence-corrected chi connectivity index (χ1v) is 12.2. The van der Waals surface area contributed by atoms with Gasteiger partial charge in [0, 0.05) is 19.4 Å². The minimum Gasteiger partial charge on any atom is -0.469 e. The SMILES string of the molecule is COC(=O)CC[C@@H](C)[C@H]1CC[C@H]2[C@@H]3CC[C@@H]4CC(=O)NCC[C@]4(C)[C@H]3CC(O)[C@]12C. The van der Waals surface area contributed by atoms with Crippen molar-refractivity contribution < 1.29 is 19.4 Å². The number of carbonyl (C=O) groups excluding carboxylic acids is 2. The number of carbonyl (C=O) groups is 2. The summed E-state index contributed by atoms with van der Waals surface area (Å²) in [6.07, 6.45) is 8.30. The first-order valence-electron chi connectivity index (χ1n) is 12.2. The van der Waals surface area contributed by atoms with Crippen LogP contribution in [0.15, 0.2) is 0 Å². The monoisotopic (exact) mass is 419 g/mol. The topological polar surface area (TPSA) is 75.6 Å². The fraction of sp³-hybridized carbons (Fsp3) is 0.920. The molecule has 0 spiro atoms. The van der Waals surface area contributed by atoms with Gasteiger partial charge in [0.25, 0.3) is 0 Å². The Morgan fingerprint density at radius 1 is 1.23 bits per heavy atom. The predicted molar refractivity (Wildman–Crippen MR) is 115 cm³/mol. The van der Waals surface area contributed by atoms with Crippen LogP contribution >= 0.6 is 0 Å². The van der Waals surface area contributed by atoms with Crippen molar-refractivity contribution in [2.45, 2.75) is 84.7 Å². The number of aliphatic hydroxyl groups is 1. The molecule has 5 heteroatoms. The van der Waals surface area contributed by atoms with Crippen LogP contribution in [0.25, 0.3) is 0 Å². The number of hydrogen-bond acceptors (Lipinski definition) is 4. The fourth-order valence-corrected chi connectivity index (χ4v) is 8.60. The second-order valence-corrected chi connectivity index (χ2v) is 11.4. The van der Waals surface area contributed by atoms with E-state index in [1.165, 1.54) is 20.0 Å². The Labute approximate surface area is 181 Å². The van der Waals surface area contributed by atoms with Crippen molar-refractivity contribution in [3.05, 3.63) is 0 Å². The van der Waals surface area contributed by atoms with Crippen LogP contribution in [0.2, 0.25) is 0 Å².